The van der Waals surface area contributed by atoms with Crippen LogP contribution in [0.4, 0.5) is 0 Å². The molecule has 2 heterocycles. The van der Waals surface area contributed by atoms with Crippen LogP contribution in [0.3, 0.4) is 0 Å². The van der Waals surface area contributed by atoms with Gasteiger partial charge in [0.25, 0.3) is 11.8 Å². The number of nitrogens with zero attached hydrogens (tertiary/aromatic N) is 2. The maximum Gasteiger partial charge on any atom is 0.258 e. The van der Waals surface area contributed by atoms with Crippen molar-refractivity contribution in [3.63, 3.8) is 0 Å². The number of amides is 3. The minimum atomic E-state index is -0.660. The zero-order valence-electron chi connectivity index (χ0n) is 21.7. The van der Waals surface area contributed by atoms with Crippen molar-refractivity contribution in [2.24, 2.45) is 0 Å². The lowest BCUT2D eigenvalue weighted by Crippen LogP contribution is -2.47. The Labute approximate surface area is 208 Å². The van der Waals surface area contributed by atoms with Crippen molar-refractivity contribution in [2.45, 2.75) is 46.1 Å². The van der Waals surface area contributed by atoms with Gasteiger partial charge in [-0.1, -0.05) is 11.6 Å². The Kier molecular flexibility index (Phi) is 11.6. The topological polar surface area (TPSA) is 100 Å². The summed E-state index contributed by atoms with van der Waals surface area (Å²) in [7, 11) is 3.23. The summed E-state index contributed by atoms with van der Waals surface area (Å²) in [6.45, 7) is 9.35. The first-order valence-electron chi connectivity index (χ1n) is 12.2. The third-order valence-electron chi connectivity index (χ3n) is 5.82. The quantitative estimate of drug-likeness (QED) is 0.500. The molecule has 0 aromatic heterocycles. The molecule has 9 heteroatoms. The number of fused-ring (bicyclic) bond motifs is 18. The molecule has 0 saturated heterocycles. The summed E-state index contributed by atoms with van der Waals surface area (Å²) in [5.74, 6) is -0.0463. The molecule has 0 aliphatic carbocycles. The summed E-state index contributed by atoms with van der Waals surface area (Å²) in [5.41, 5.74) is 1.72. The molecule has 2 aliphatic heterocycles. The number of ether oxygens (including phenoxy) is 2. The number of carbonyl (C=O) groups is 3. The third kappa shape index (κ3) is 9.60. The Morgan fingerprint density at radius 3 is 2.57 bits per heavy atom. The van der Waals surface area contributed by atoms with Gasteiger partial charge in [-0.05, 0) is 64.8 Å². The van der Waals surface area contributed by atoms with Crippen LogP contribution in [0.15, 0.2) is 29.8 Å². The Morgan fingerprint density at radius 1 is 1.14 bits per heavy atom. The van der Waals surface area contributed by atoms with Crippen LogP contribution in [0.1, 0.15) is 50.4 Å². The molecule has 35 heavy (non-hydrogen) atoms. The maximum atomic E-state index is 12.7. The van der Waals surface area contributed by atoms with E-state index in [2.05, 4.69) is 35.5 Å². The highest BCUT2D eigenvalue weighted by atomic mass is 16.5. The molecule has 194 valence electrons. The van der Waals surface area contributed by atoms with Crippen molar-refractivity contribution in [1.29, 1.82) is 0 Å². The lowest BCUT2D eigenvalue weighted by atomic mass is 10.2. The Bertz CT molecular complexity index is 898. The molecule has 1 atom stereocenters. The molecule has 0 unspecified atom stereocenters. The number of allylic oxidation sites excluding steroid dienone is 1. The first kappa shape index (κ1) is 28.2. The van der Waals surface area contributed by atoms with Crippen LogP contribution in [-0.2, 0) is 9.59 Å². The van der Waals surface area contributed by atoms with E-state index >= 15 is 0 Å². The molecule has 0 fully saturated rings. The smallest absolute Gasteiger partial charge is 0.258 e. The van der Waals surface area contributed by atoms with Gasteiger partial charge in [0.15, 0.2) is 18.1 Å². The molecule has 1 aromatic rings. The second kappa shape index (κ2) is 14.4. The monoisotopic (exact) mass is 488 g/mol. The van der Waals surface area contributed by atoms with Crippen molar-refractivity contribution >= 4 is 17.7 Å². The third-order valence-corrected chi connectivity index (χ3v) is 5.82. The van der Waals surface area contributed by atoms with E-state index in [4.69, 9.17) is 9.47 Å². The molecule has 3 amide bonds. The molecule has 0 radical (unpaired) electrons. The number of rotatable bonds is 3. The molecule has 9 nitrogen and oxygen atoms in total. The van der Waals surface area contributed by atoms with Crippen LogP contribution in [0.2, 0.25) is 0 Å². The van der Waals surface area contributed by atoms with Crippen molar-refractivity contribution in [1.82, 2.24) is 20.4 Å². The van der Waals surface area contributed by atoms with Gasteiger partial charge in [-0.3, -0.25) is 19.3 Å². The Hall–Kier alpha value is -3.07. The molecular formula is C26H40N4O5. The predicted molar refractivity (Wildman–Crippen MR) is 136 cm³/mol. The average Bonchev–Trinajstić information content (AvgIpc) is 2.84. The second-order valence-electron chi connectivity index (χ2n) is 9.10. The number of methoxy groups -OCH3 is 1. The molecule has 1 aromatic carbocycles. The van der Waals surface area contributed by atoms with Gasteiger partial charge in [0, 0.05) is 38.8 Å². The molecule has 0 spiro atoms. The molecule has 0 saturated carbocycles. The molecule has 2 bridgehead atoms. The van der Waals surface area contributed by atoms with E-state index in [0.717, 1.165) is 38.9 Å². The summed E-state index contributed by atoms with van der Waals surface area (Å²) in [4.78, 5) is 41.7. The number of likely N-dealkylation sites (N-methyl/N-ethyl adjacent to an activating group) is 1. The highest BCUT2D eigenvalue weighted by Gasteiger charge is 2.20. The van der Waals surface area contributed by atoms with E-state index in [1.807, 2.05) is 0 Å². The van der Waals surface area contributed by atoms with E-state index in [-0.39, 0.29) is 18.4 Å². The van der Waals surface area contributed by atoms with E-state index in [9.17, 15) is 14.4 Å². The van der Waals surface area contributed by atoms with Gasteiger partial charge in [-0.15, -0.1) is 0 Å². The fraction of sp³-hybridized carbons (Fsp3) is 0.577. The van der Waals surface area contributed by atoms with Gasteiger partial charge in [-0.2, -0.15) is 0 Å². The van der Waals surface area contributed by atoms with Gasteiger partial charge >= 0.3 is 0 Å². The fourth-order valence-corrected chi connectivity index (χ4v) is 3.75. The normalized spacial score (nSPS) is 19.7. The maximum absolute atomic E-state index is 12.7. The number of hydrogen-bond acceptors (Lipinski definition) is 6. The second-order valence-corrected chi connectivity index (χ2v) is 9.10. The van der Waals surface area contributed by atoms with Crippen LogP contribution in [0, 0.1) is 0 Å². The minimum Gasteiger partial charge on any atom is -0.493 e. The minimum absolute atomic E-state index is 0.142. The van der Waals surface area contributed by atoms with Crippen molar-refractivity contribution in [3.8, 4) is 11.5 Å². The summed E-state index contributed by atoms with van der Waals surface area (Å²) in [6, 6.07) is 4.17. The van der Waals surface area contributed by atoms with Gasteiger partial charge in [0.05, 0.1) is 7.11 Å². The van der Waals surface area contributed by atoms with E-state index in [1.54, 1.807) is 37.1 Å². The van der Waals surface area contributed by atoms with Crippen LogP contribution < -0.4 is 20.1 Å². The van der Waals surface area contributed by atoms with Gasteiger partial charge in [0.2, 0.25) is 5.91 Å². The lowest BCUT2D eigenvalue weighted by molar-refractivity contribution is -0.135. The van der Waals surface area contributed by atoms with Gasteiger partial charge < -0.3 is 25.0 Å². The van der Waals surface area contributed by atoms with E-state index in [1.165, 1.54) is 12.7 Å². The van der Waals surface area contributed by atoms with Crippen molar-refractivity contribution < 1.29 is 23.9 Å². The van der Waals surface area contributed by atoms with Crippen LogP contribution in [0.5, 0.6) is 11.5 Å². The Morgan fingerprint density at radius 2 is 1.86 bits per heavy atom. The molecular weight excluding hydrogens is 448 g/mol. The SMILES string of the molecule is COc1cc2ccc1OCC(=O)N[C@@H](C)C(=O)N(C)CCCCN(CC=C(C)C)CCCNC2=O. The van der Waals surface area contributed by atoms with Crippen molar-refractivity contribution in [3.05, 3.63) is 35.4 Å². The summed E-state index contributed by atoms with van der Waals surface area (Å²) in [6.07, 6.45) is 4.84. The van der Waals surface area contributed by atoms with Crippen molar-refractivity contribution in [2.75, 3.05) is 53.5 Å². The van der Waals surface area contributed by atoms with E-state index in [0.29, 0.717) is 30.2 Å². The number of nitrogens with one attached hydrogen (secondary N) is 2. The van der Waals surface area contributed by atoms with Crippen LogP contribution >= 0.6 is 0 Å². The van der Waals surface area contributed by atoms with Crippen LogP contribution in [0.25, 0.3) is 0 Å². The van der Waals surface area contributed by atoms with Gasteiger partial charge in [0.1, 0.15) is 6.04 Å². The number of benzene rings is 1. The lowest BCUT2D eigenvalue weighted by Gasteiger charge is -2.24. The standard InChI is InChI=1S/C26H40N4O5/c1-19(2)11-16-30-14-7-6-13-29(4)26(33)20(3)28-24(31)18-35-22-10-9-21(17-23(22)34-5)25(32)27-12-8-15-30/h9-11,17,20H,6-8,12-16,18H2,1-5H3,(H,27,32)(H,28,31)/t20-/m0/s1. The summed E-state index contributed by atoms with van der Waals surface area (Å²) in [5, 5.41) is 5.65. The predicted octanol–water partition coefficient (Wildman–Crippen LogP) is 2.22. The fourth-order valence-electron chi connectivity index (χ4n) is 3.75. The summed E-state index contributed by atoms with van der Waals surface area (Å²) < 4.78 is 10.9. The summed E-state index contributed by atoms with van der Waals surface area (Å²) >= 11 is 0. The zero-order valence-corrected chi connectivity index (χ0v) is 21.7. The highest BCUT2D eigenvalue weighted by molar-refractivity contribution is 5.95. The Balaban J connectivity index is 2.15. The first-order valence-corrected chi connectivity index (χ1v) is 12.2. The average molecular weight is 489 g/mol. The first-order chi connectivity index (χ1) is 16.7. The molecule has 2 N–H and O–H groups in total. The highest BCUT2D eigenvalue weighted by Crippen LogP contribution is 2.28. The number of hydrogen-bond donors (Lipinski definition) is 2. The van der Waals surface area contributed by atoms with Crippen LogP contribution in [-0.4, -0.2) is 87.1 Å². The van der Waals surface area contributed by atoms with E-state index < -0.39 is 11.9 Å². The van der Waals surface area contributed by atoms with Gasteiger partial charge in [-0.25, -0.2) is 0 Å². The molecule has 3 rings (SSSR count). The molecule has 2 aliphatic rings. The number of carbonyl (C=O) groups excluding carboxylic acids is 3. The zero-order chi connectivity index (χ0) is 25.8. The largest absolute Gasteiger partial charge is 0.493 e.